The molecule has 11 heteroatoms. The van der Waals surface area contributed by atoms with Crippen molar-refractivity contribution < 1.29 is 39.8 Å². The van der Waals surface area contributed by atoms with Crippen LogP contribution in [0, 0.1) is 0 Å². The van der Waals surface area contributed by atoms with Gasteiger partial charge in [0.25, 0.3) is 5.56 Å². The number of hydrogen-bond donors (Lipinski definition) is 5. The maximum Gasteiger partial charge on any atom is 0.327 e. The number of hydrogen-bond acceptors (Lipinski definition) is 9. The largest absolute Gasteiger partial charge is 0.480 e. The summed E-state index contributed by atoms with van der Waals surface area (Å²) in [6.45, 7) is -0.555. The number of thioether (sulfide) groups is 1. The van der Waals surface area contributed by atoms with Crippen LogP contribution in [0.2, 0.25) is 0 Å². The molecule has 3 heterocycles. The van der Waals surface area contributed by atoms with Gasteiger partial charge in [-0.3, -0.25) is 9.36 Å². The Morgan fingerprint density at radius 3 is 2.46 bits per heavy atom. The lowest BCUT2D eigenvalue weighted by atomic mass is 9.94. The SMILES string of the molecule is O=C(O)C1CSc2c(C3CC3)c(Cc3ccc(OC4O[C@H](CO)[C@@H](O)[C@@H](O)[C@@H]4O)c4ccccc34)cc(=O)n21. The van der Waals surface area contributed by atoms with Gasteiger partial charge in [-0.2, -0.15) is 0 Å². The Morgan fingerprint density at radius 2 is 1.77 bits per heavy atom. The Hall–Kier alpha value is -2.93. The van der Waals surface area contributed by atoms with Gasteiger partial charge in [-0.1, -0.05) is 30.3 Å². The van der Waals surface area contributed by atoms with Gasteiger partial charge < -0.3 is 35.0 Å². The lowest BCUT2D eigenvalue weighted by Gasteiger charge is -2.39. The van der Waals surface area contributed by atoms with E-state index in [1.54, 1.807) is 12.1 Å². The van der Waals surface area contributed by atoms with Crippen LogP contribution in [0.25, 0.3) is 10.8 Å². The van der Waals surface area contributed by atoms with Crippen molar-refractivity contribution in [3.8, 4) is 5.75 Å². The molecule has 2 aliphatic heterocycles. The number of carbonyl (C=O) groups is 1. The van der Waals surface area contributed by atoms with E-state index in [-0.39, 0.29) is 5.56 Å². The van der Waals surface area contributed by atoms with Crippen molar-refractivity contribution in [2.45, 2.75) is 67.0 Å². The molecule has 0 spiro atoms. The number of carboxylic acid groups (broad SMARTS) is 1. The smallest absolute Gasteiger partial charge is 0.327 e. The van der Waals surface area contributed by atoms with Gasteiger partial charge in [0, 0.05) is 17.2 Å². The van der Waals surface area contributed by atoms with Crippen LogP contribution in [0.1, 0.15) is 41.5 Å². The first-order valence-electron chi connectivity index (χ1n) is 12.9. The van der Waals surface area contributed by atoms with E-state index in [0.717, 1.165) is 45.3 Å². The van der Waals surface area contributed by atoms with Gasteiger partial charge in [-0.25, -0.2) is 4.79 Å². The Balaban J connectivity index is 1.36. The van der Waals surface area contributed by atoms with Crippen molar-refractivity contribution in [2.75, 3.05) is 12.4 Å². The van der Waals surface area contributed by atoms with Gasteiger partial charge >= 0.3 is 5.97 Å². The van der Waals surface area contributed by atoms with Crippen LogP contribution < -0.4 is 10.3 Å². The first kappa shape index (κ1) is 26.3. The molecule has 0 bridgehead atoms. The fraction of sp³-hybridized carbons (Fsp3) is 0.429. The molecule has 5 N–H and O–H groups in total. The summed E-state index contributed by atoms with van der Waals surface area (Å²) in [5, 5.41) is 52.1. The fourth-order valence-electron chi connectivity index (χ4n) is 5.56. The van der Waals surface area contributed by atoms with Crippen molar-refractivity contribution in [1.29, 1.82) is 0 Å². The molecule has 3 aromatic rings. The molecule has 2 unspecified atom stereocenters. The second-order valence-electron chi connectivity index (χ2n) is 10.3. The van der Waals surface area contributed by atoms with Gasteiger partial charge in [0.1, 0.15) is 36.2 Å². The zero-order chi connectivity index (χ0) is 27.4. The minimum Gasteiger partial charge on any atom is -0.480 e. The zero-order valence-electron chi connectivity index (χ0n) is 20.8. The number of aliphatic hydroxyl groups is 4. The number of benzene rings is 2. The van der Waals surface area contributed by atoms with Crippen LogP contribution in [-0.4, -0.2) is 79.1 Å². The molecule has 6 rings (SSSR count). The highest BCUT2D eigenvalue weighted by molar-refractivity contribution is 7.99. The maximum absolute atomic E-state index is 13.1. The summed E-state index contributed by atoms with van der Waals surface area (Å²) in [4.78, 5) is 24.8. The summed E-state index contributed by atoms with van der Waals surface area (Å²) in [5.41, 5.74) is 2.58. The molecule has 2 aromatic carbocycles. The van der Waals surface area contributed by atoms with Gasteiger partial charge in [0.15, 0.2) is 0 Å². The van der Waals surface area contributed by atoms with Crippen LogP contribution in [0.4, 0.5) is 0 Å². The molecule has 10 nitrogen and oxygen atoms in total. The van der Waals surface area contributed by atoms with E-state index >= 15 is 0 Å². The van der Waals surface area contributed by atoms with Crippen LogP contribution >= 0.6 is 11.8 Å². The van der Waals surface area contributed by atoms with Crippen LogP contribution in [0.15, 0.2) is 52.3 Å². The third-order valence-corrected chi connectivity index (χ3v) is 8.91. The summed E-state index contributed by atoms with van der Waals surface area (Å²) in [6.07, 6.45) is -4.49. The number of fused-ring (bicyclic) bond motifs is 2. The molecular weight excluding hydrogens is 526 g/mol. The summed E-state index contributed by atoms with van der Waals surface area (Å²) in [6, 6.07) is 11.8. The Kier molecular flexibility index (Phi) is 6.90. The van der Waals surface area contributed by atoms with E-state index in [0.29, 0.717) is 23.8 Å². The predicted molar refractivity (Wildman–Crippen MR) is 141 cm³/mol. The maximum atomic E-state index is 13.1. The number of aromatic nitrogens is 1. The van der Waals surface area contributed by atoms with Crippen LogP contribution in [0.3, 0.4) is 0 Å². The minimum atomic E-state index is -1.55. The number of carboxylic acids is 1. The van der Waals surface area contributed by atoms with E-state index < -0.39 is 49.3 Å². The lowest BCUT2D eigenvalue weighted by Crippen LogP contribution is -2.60. The first-order valence-corrected chi connectivity index (χ1v) is 13.9. The average molecular weight is 556 g/mol. The molecule has 0 radical (unpaired) electrons. The van der Waals surface area contributed by atoms with Crippen molar-refractivity contribution in [1.82, 2.24) is 4.57 Å². The molecule has 206 valence electrons. The van der Waals surface area contributed by atoms with E-state index in [1.165, 1.54) is 16.3 Å². The molecule has 1 saturated heterocycles. The molecule has 2 fully saturated rings. The van der Waals surface area contributed by atoms with E-state index in [9.17, 15) is 35.1 Å². The third kappa shape index (κ3) is 4.62. The van der Waals surface area contributed by atoms with Crippen molar-refractivity contribution in [3.63, 3.8) is 0 Å². The highest BCUT2D eigenvalue weighted by Crippen LogP contribution is 2.49. The predicted octanol–water partition coefficient (Wildman–Crippen LogP) is 1.38. The van der Waals surface area contributed by atoms with Crippen molar-refractivity contribution >= 4 is 28.5 Å². The summed E-state index contributed by atoms with van der Waals surface area (Å²) in [7, 11) is 0. The first-order chi connectivity index (χ1) is 18.8. The number of pyridine rings is 1. The molecule has 1 saturated carbocycles. The second kappa shape index (κ2) is 10.2. The van der Waals surface area contributed by atoms with E-state index in [4.69, 9.17) is 9.47 Å². The van der Waals surface area contributed by atoms with E-state index in [1.807, 2.05) is 30.3 Å². The van der Waals surface area contributed by atoms with Gasteiger partial charge in [-0.15, -0.1) is 11.8 Å². The zero-order valence-corrected chi connectivity index (χ0v) is 21.7. The standard InChI is InChI=1S/C28H29NO9S/c30-11-20-23(32)24(33)25(34)28(38-20)37-19-8-7-14(16-3-1-2-4-17(16)19)9-15-10-21(31)29-18(27(35)36)12-39-26(29)22(15)13-5-6-13/h1-4,7-8,10,13,18,20,23-25,28,30,32-34H,5-6,9,11-12H2,(H,35,36)/t18?,20-,23-,24-,25+,28?/m1/s1. The second-order valence-corrected chi connectivity index (χ2v) is 11.3. The molecule has 3 aliphatic rings. The number of aliphatic hydroxyl groups excluding tert-OH is 4. The number of ether oxygens (including phenoxy) is 2. The van der Waals surface area contributed by atoms with Crippen molar-refractivity contribution in [2.24, 2.45) is 0 Å². The number of rotatable bonds is 7. The van der Waals surface area contributed by atoms with Gasteiger partial charge in [-0.05, 0) is 53.3 Å². The summed E-state index contributed by atoms with van der Waals surface area (Å²) in [5.74, 6) is 0.0245. The quantitative estimate of drug-likeness (QED) is 0.288. The van der Waals surface area contributed by atoms with Crippen LogP contribution in [0.5, 0.6) is 5.75 Å². The third-order valence-electron chi connectivity index (χ3n) is 7.74. The molecule has 0 amide bonds. The Morgan fingerprint density at radius 1 is 1.03 bits per heavy atom. The highest BCUT2D eigenvalue weighted by atomic mass is 32.2. The molecular formula is C28H29NO9S. The topological polar surface area (TPSA) is 159 Å². The van der Waals surface area contributed by atoms with Crippen molar-refractivity contribution in [3.05, 3.63) is 69.5 Å². The average Bonchev–Trinajstić information content (AvgIpc) is 3.66. The van der Waals surface area contributed by atoms with Crippen LogP contribution in [-0.2, 0) is 16.0 Å². The molecule has 6 atom stereocenters. The van der Waals surface area contributed by atoms with E-state index in [2.05, 4.69) is 0 Å². The van der Waals surface area contributed by atoms with Gasteiger partial charge in [0.05, 0.1) is 11.6 Å². The minimum absolute atomic E-state index is 0.307. The highest BCUT2D eigenvalue weighted by Gasteiger charge is 2.45. The fourth-order valence-corrected chi connectivity index (χ4v) is 6.98. The molecule has 1 aliphatic carbocycles. The summed E-state index contributed by atoms with van der Waals surface area (Å²) < 4.78 is 12.9. The molecule has 39 heavy (non-hydrogen) atoms. The van der Waals surface area contributed by atoms with Gasteiger partial charge in [0.2, 0.25) is 6.29 Å². The number of aliphatic carboxylic acids is 1. The Labute approximate surface area is 227 Å². The monoisotopic (exact) mass is 555 g/mol. The summed E-state index contributed by atoms with van der Waals surface area (Å²) >= 11 is 1.43. The molecule has 1 aromatic heterocycles. The lowest BCUT2D eigenvalue weighted by molar-refractivity contribution is -0.277. The Bertz CT molecular complexity index is 1480. The normalized spacial score (nSPS) is 28.4. The number of nitrogens with zero attached hydrogens (tertiary/aromatic N) is 1.